The minimum atomic E-state index is -3.18. The molecule has 0 fully saturated rings. The molecule has 0 aliphatic heterocycles. The van der Waals surface area contributed by atoms with Crippen LogP contribution in [0.2, 0.25) is 0 Å². The van der Waals surface area contributed by atoms with Crippen LogP contribution >= 0.6 is 24.0 Å². The Kier molecular flexibility index (Phi) is 8.49. The van der Waals surface area contributed by atoms with Gasteiger partial charge in [-0.05, 0) is 24.3 Å². The Bertz CT molecular complexity index is 531. The molecule has 0 spiro atoms. The average Bonchev–Trinajstić information content (AvgIpc) is 2.34. The lowest BCUT2D eigenvalue weighted by molar-refractivity contribution is 0.415. The molecule has 0 aliphatic carbocycles. The summed E-state index contributed by atoms with van der Waals surface area (Å²) in [6, 6.07) is 7.19. The van der Waals surface area contributed by atoms with E-state index in [2.05, 4.69) is 15.0 Å². The number of nitrogens with one attached hydrogen (secondary N) is 2. The van der Waals surface area contributed by atoms with Crippen LogP contribution in [0.25, 0.3) is 0 Å². The topological polar surface area (TPSA) is 106 Å². The second kappa shape index (κ2) is 8.97. The zero-order valence-corrected chi connectivity index (χ0v) is 14.4. The van der Waals surface area contributed by atoms with Gasteiger partial charge in [0.25, 0.3) is 0 Å². The first-order chi connectivity index (χ1) is 8.90. The molecule has 0 aliphatic rings. The highest BCUT2D eigenvalue weighted by Crippen LogP contribution is 2.14. The Labute approximate surface area is 136 Å². The molecule has 0 saturated carbocycles. The van der Waals surface area contributed by atoms with Gasteiger partial charge in [-0.2, -0.15) is 0 Å². The van der Waals surface area contributed by atoms with Gasteiger partial charge in [0.15, 0.2) is 5.96 Å². The van der Waals surface area contributed by atoms with Gasteiger partial charge in [-0.3, -0.25) is 4.99 Å². The van der Waals surface area contributed by atoms with Crippen molar-refractivity contribution in [2.75, 3.05) is 31.8 Å². The molecule has 0 aromatic heterocycles. The van der Waals surface area contributed by atoms with Crippen LogP contribution in [0, 0.1) is 0 Å². The summed E-state index contributed by atoms with van der Waals surface area (Å²) < 4.78 is 29.0. The smallest absolute Gasteiger partial charge is 0.208 e. The quantitative estimate of drug-likeness (QED) is 0.274. The maximum atomic E-state index is 10.8. The molecule has 114 valence electrons. The Morgan fingerprint density at radius 3 is 2.45 bits per heavy atom. The lowest BCUT2D eigenvalue weighted by Gasteiger charge is -2.06. The van der Waals surface area contributed by atoms with E-state index < -0.39 is 10.0 Å². The third kappa shape index (κ3) is 8.17. The maximum Gasteiger partial charge on any atom is 0.208 e. The molecule has 4 N–H and O–H groups in total. The normalized spacial score (nSPS) is 11.6. The summed E-state index contributed by atoms with van der Waals surface area (Å²) in [7, 11) is -1.59. The summed E-state index contributed by atoms with van der Waals surface area (Å²) in [5.74, 6) is 0.971. The van der Waals surface area contributed by atoms with Gasteiger partial charge in [-0.25, -0.2) is 13.1 Å². The molecule has 0 heterocycles. The van der Waals surface area contributed by atoms with Crippen molar-refractivity contribution in [1.29, 1.82) is 0 Å². The van der Waals surface area contributed by atoms with E-state index >= 15 is 0 Å². The predicted molar refractivity (Wildman–Crippen MR) is 91.4 cm³/mol. The Morgan fingerprint density at radius 2 is 1.95 bits per heavy atom. The second-order valence-electron chi connectivity index (χ2n) is 3.79. The van der Waals surface area contributed by atoms with Gasteiger partial charge in [-0.15, -0.1) is 24.0 Å². The van der Waals surface area contributed by atoms with Crippen molar-refractivity contribution in [3.63, 3.8) is 0 Å². The zero-order valence-electron chi connectivity index (χ0n) is 11.3. The first kappa shape index (κ1) is 18.9. The molecular weight excluding hydrogens is 395 g/mol. The fourth-order valence-electron chi connectivity index (χ4n) is 1.27. The lowest BCUT2D eigenvalue weighted by Crippen LogP contribution is -2.27. The van der Waals surface area contributed by atoms with Crippen molar-refractivity contribution < 1.29 is 13.2 Å². The number of ether oxygens (including phenoxy) is 1. The molecule has 1 rings (SSSR count). The number of methoxy groups -OCH3 is 1. The van der Waals surface area contributed by atoms with Crippen LogP contribution in [0.15, 0.2) is 29.3 Å². The van der Waals surface area contributed by atoms with Gasteiger partial charge in [0, 0.05) is 12.2 Å². The number of nitrogens with two attached hydrogens (primary N) is 1. The molecular formula is C11H19IN4O3S. The highest BCUT2D eigenvalue weighted by atomic mass is 127. The molecule has 0 atom stereocenters. The number of anilines is 1. The van der Waals surface area contributed by atoms with Gasteiger partial charge in [0.2, 0.25) is 10.0 Å². The molecule has 9 heteroatoms. The molecule has 7 nitrogen and oxygen atoms in total. The number of hydrogen-bond acceptors (Lipinski definition) is 4. The van der Waals surface area contributed by atoms with Crippen molar-refractivity contribution in [2.24, 2.45) is 10.7 Å². The van der Waals surface area contributed by atoms with Crippen molar-refractivity contribution in [3.05, 3.63) is 24.3 Å². The van der Waals surface area contributed by atoms with E-state index in [0.717, 1.165) is 17.7 Å². The highest BCUT2D eigenvalue weighted by molar-refractivity contribution is 14.0. The fraction of sp³-hybridized carbons (Fsp3) is 0.364. The summed E-state index contributed by atoms with van der Waals surface area (Å²) in [6.07, 6.45) is 1.09. The van der Waals surface area contributed by atoms with E-state index in [-0.39, 0.29) is 43.0 Å². The van der Waals surface area contributed by atoms with Crippen LogP contribution < -0.4 is 20.5 Å². The van der Waals surface area contributed by atoms with E-state index in [1.807, 2.05) is 0 Å². The lowest BCUT2D eigenvalue weighted by atomic mass is 10.3. The van der Waals surface area contributed by atoms with Gasteiger partial charge in [-0.1, -0.05) is 0 Å². The summed E-state index contributed by atoms with van der Waals surface area (Å²) >= 11 is 0. The summed E-state index contributed by atoms with van der Waals surface area (Å²) in [5, 5.41) is 2.89. The van der Waals surface area contributed by atoms with Crippen LogP contribution in [0.4, 0.5) is 5.69 Å². The molecule has 1 aromatic rings. The summed E-state index contributed by atoms with van der Waals surface area (Å²) in [6.45, 7) is 0.478. The molecule has 0 unspecified atom stereocenters. The summed E-state index contributed by atoms with van der Waals surface area (Å²) in [5.41, 5.74) is 6.43. The van der Waals surface area contributed by atoms with Crippen LogP contribution in [-0.4, -0.2) is 40.8 Å². The maximum absolute atomic E-state index is 10.8. The zero-order chi connectivity index (χ0) is 14.3. The number of benzene rings is 1. The predicted octanol–water partition coefficient (Wildman–Crippen LogP) is 0.589. The van der Waals surface area contributed by atoms with E-state index in [9.17, 15) is 8.42 Å². The molecule has 0 bridgehead atoms. The molecule has 0 amide bonds. The van der Waals surface area contributed by atoms with Crippen LogP contribution in [-0.2, 0) is 10.0 Å². The standard InChI is InChI=1S/C11H18N4O3S.HI/c1-18-10-5-3-9(4-6-10)15-11(12)13-7-8-14-19(2,16)17;/h3-6,14H,7-8H2,1-2H3,(H3,12,13,15);1H. The number of halogens is 1. The van der Waals surface area contributed by atoms with Gasteiger partial charge in [0.1, 0.15) is 5.75 Å². The first-order valence-electron chi connectivity index (χ1n) is 5.56. The third-order valence-corrected chi connectivity index (χ3v) is 2.85. The van der Waals surface area contributed by atoms with Crippen molar-refractivity contribution >= 4 is 45.6 Å². The van der Waals surface area contributed by atoms with Gasteiger partial charge >= 0.3 is 0 Å². The summed E-state index contributed by atoms with van der Waals surface area (Å²) in [4.78, 5) is 3.99. The number of nitrogens with zero attached hydrogens (tertiary/aromatic N) is 1. The molecule has 1 aromatic carbocycles. The van der Waals surface area contributed by atoms with Crippen molar-refractivity contribution in [1.82, 2.24) is 4.72 Å². The Morgan fingerprint density at radius 1 is 1.35 bits per heavy atom. The average molecular weight is 414 g/mol. The highest BCUT2D eigenvalue weighted by Gasteiger charge is 1.99. The van der Waals surface area contributed by atoms with Crippen LogP contribution in [0.5, 0.6) is 5.75 Å². The minimum absolute atomic E-state index is 0. The minimum Gasteiger partial charge on any atom is -0.497 e. The second-order valence-corrected chi connectivity index (χ2v) is 5.62. The van der Waals surface area contributed by atoms with E-state index in [1.54, 1.807) is 31.4 Å². The number of hydrogen-bond donors (Lipinski definition) is 3. The van der Waals surface area contributed by atoms with Crippen molar-refractivity contribution in [3.8, 4) is 5.75 Å². The number of aliphatic imine (C=N–C) groups is 1. The van der Waals surface area contributed by atoms with Gasteiger partial charge < -0.3 is 15.8 Å². The van der Waals surface area contributed by atoms with Crippen LogP contribution in [0.3, 0.4) is 0 Å². The number of guanidine groups is 1. The molecule has 0 saturated heterocycles. The molecule has 20 heavy (non-hydrogen) atoms. The number of sulfonamides is 1. The molecule has 0 radical (unpaired) electrons. The van der Waals surface area contributed by atoms with Crippen molar-refractivity contribution in [2.45, 2.75) is 0 Å². The van der Waals surface area contributed by atoms with Crippen LogP contribution in [0.1, 0.15) is 0 Å². The third-order valence-electron chi connectivity index (χ3n) is 2.12. The van der Waals surface area contributed by atoms with E-state index in [4.69, 9.17) is 10.5 Å². The SMILES string of the molecule is COc1ccc(NC(N)=NCCNS(C)(=O)=O)cc1.I. The monoisotopic (exact) mass is 414 g/mol. The Hall–Kier alpha value is -1.07. The first-order valence-corrected chi connectivity index (χ1v) is 7.45. The fourth-order valence-corrected chi connectivity index (χ4v) is 1.73. The van der Waals surface area contributed by atoms with E-state index in [1.165, 1.54) is 0 Å². The van der Waals surface area contributed by atoms with E-state index in [0.29, 0.717) is 0 Å². The Balaban J connectivity index is 0.00000361. The number of rotatable bonds is 6. The largest absolute Gasteiger partial charge is 0.497 e. The van der Waals surface area contributed by atoms with Gasteiger partial charge in [0.05, 0.1) is 19.9 Å².